The van der Waals surface area contributed by atoms with Gasteiger partial charge in [-0.3, -0.25) is 14.6 Å². The lowest BCUT2D eigenvalue weighted by atomic mass is 10.1. The predicted molar refractivity (Wildman–Crippen MR) is 101 cm³/mol. The highest BCUT2D eigenvalue weighted by molar-refractivity contribution is 7.71. The Kier molecular flexibility index (Phi) is 7.34. The zero-order valence-corrected chi connectivity index (χ0v) is 15.4. The van der Waals surface area contributed by atoms with Crippen LogP contribution in [0.1, 0.15) is 0 Å². The number of hydrogen-bond acceptors (Lipinski definition) is 6. The van der Waals surface area contributed by atoms with Crippen LogP contribution in [0, 0.1) is 4.77 Å². The number of nitrogens with one attached hydrogen (secondary N) is 2. The summed E-state index contributed by atoms with van der Waals surface area (Å²) in [7, 11) is 0. The predicted octanol–water partition coefficient (Wildman–Crippen LogP) is 0.672. The maximum absolute atomic E-state index is 12.1. The third-order valence-corrected chi connectivity index (χ3v) is 3.93. The molecular formula is C16H19ClN4O4S. The quantitative estimate of drug-likeness (QED) is 0.485. The third kappa shape index (κ3) is 5.15. The second-order valence-corrected chi connectivity index (χ2v) is 6.08. The van der Waals surface area contributed by atoms with Crippen molar-refractivity contribution in [1.29, 1.82) is 0 Å². The topological polar surface area (TPSA) is 122 Å². The number of benzene rings is 1. The smallest absolute Gasteiger partial charge is 0.252 e. The van der Waals surface area contributed by atoms with Crippen molar-refractivity contribution in [2.75, 3.05) is 26.3 Å². The van der Waals surface area contributed by atoms with Gasteiger partial charge in [0.2, 0.25) is 5.91 Å². The number of nitrogens with two attached hydrogens (primary N) is 1. The SMILES string of the molecule is NCCNC(=O)Cn1c(-c2cc(Cl)ccc2OCCO)cc(=O)[nH]c1=S. The van der Waals surface area contributed by atoms with Crippen molar-refractivity contribution >= 4 is 29.7 Å². The number of aromatic amines is 1. The number of halogens is 1. The Labute approximate surface area is 159 Å². The summed E-state index contributed by atoms with van der Waals surface area (Å²) in [6.45, 7) is 0.410. The van der Waals surface area contributed by atoms with Crippen LogP contribution in [-0.2, 0) is 11.3 Å². The molecule has 0 radical (unpaired) electrons. The maximum atomic E-state index is 12.1. The molecule has 10 heteroatoms. The van der Waals surface area contributed by atoms with Crippen molar-refractivity contribution in [3.8, 4) is 17.0 Å². The second-order valence-electron chi connectivity index (χ2n) is 5.26. The summed E-state index contributed by atoms with van der Waals surface area (Å²) in [5.41, 5.74) is 5.82. The number of nitrogens with zero attached hydrogens (tertiary/aromatic N) is 1. The van der Waals surface area contributed by atoms with E-state index in [-0.39, 0.29) is 30.4 Å². The van der Waals surface area contributed by atoms with E-state index in [0.29, 0.717) is 35.1 Å². The van der Waals surface area contributed by atoms with Gasteiger partial charge in [0.25, 0.3) is 5.56 Å². The Morgan fingerprint density at radius 3 is 2.88 bits per heavy atom. The number of ether oxygens (including phenoxy) is 1. The summed E-state index contributed by atoms with van der Waals surface area (Å²) >= 11 is 11.3. The number of rotatable bonds is 8. The van der Waals surface area contributed by atoms with E-state index in [9.17, 15) is 9.59 Å². The fourth-order valence-corrected chi connectivity index (χ4v) is 2.73. The molecule has 26 heavy (non-hydrogen) atoms. The number of amides is 1. The van der Waals surface area contributed by atoms with Gasteiger partial charge in [-0.1, -0.05) is 11.6 Å². The van der Waals surface area contributed by atoms with Crippen LogP contribution < -0.4 is 21.3 Å². The Hall–Kier alpha value is -2.20. The average molecular weight is 399 g/mol. The molecule has 2 rings (SSSR count). The Bertz CT molecular complexity index is 897. The van der Waals surface area contributed by atoms with Crippen molar-refractivity contribution in [2.24, 2.45) is 5.73 Å². The molecule has 5 N–H and O–H groups in total. The summed E-state index contributed by atoms with van der Waals surface area (Å²) in [5, 5.41) is 12.1. The van der Waals surface area contributed by atoms with E-state index in [1.165, 1.54) is 10.6 Å². The van der Waals surface area contributed by atoms with E-state index < -0.39 is 5.56 Å². The van der Waals surface area contributed by atoms with Gasteiger partial charge in [0.1, 0.15) is 18.9 Å². The normalized spacial score (nSPS) is 10.6. The molecular weight excluding hydrogens is 380 g/mol. The highest BCUT2D eigenvalue weighted by Gasteiger charge is 2.15. The molecule has 0 saturated heterocycles. The molecule has 0 aliphatic carbocycles. The molecule has 0 atom stereocenters. The molecule has 1 aromatic heterocycles. The van der Waals surface area contributed by atoms with Crippen molar-refractivity contribution in [3.05, 3.63) is 44.4 Å². The zero-order valence-electron chi connectivity index (χ0n) is 13.8. The average Bonchev–Trinajstić information content (AvgIpc) is 2.61. The van der Waals surface area contributed by atoms with E-state index >= 15 is 0 Å². The highest BCUT2D eigenvalue weighted by atomic mass is 35.5. The second kappa shape index (κ2) is 9.48. The first-order chi connectivity index (χ1) is 12.5. The molecule has 0 aliphatic rings. The number of hydrogen-bond donors (Lipinski definition) is 4. The lowest BCUT2D eigenvalue weighted by Crippen LogP contribution is -2.33. The minimum Gasteiger partial charge on any atom is -0.490 e. The van der Waals surface area contributed by atoms with E-state index in [0.717, 1.165) is 0 Å². The van der Waals surface area contributed by atoms with Gasteiger partial charge in [-0.15, -0.1) is 0 Å². The van der Waals surface area contributed by atoms with E-state index in [1.54, 1.807) is 18.2 Å². The van der Waals surface area contributed by atoms with Gasteiger partial charge in [0.15, 0.2) is 4.77 Å². The highest BCUT2D eigenvalue weighted by Crippen LogP contribution is 2.32. The van der Waals surface area contributed by atoms with Crippen LogP contribution in [0.5, 0.6) is 5.75 Å². The number of carbonyl (C=O) groups excluding carboxylic acids is 1. The van der Waals surface area contributed by atoms with Gasteiger partial charge < -0.3 is 25.5 Å². The molecule has 0 saturated carbocycles. The first-order valence-corrected chi connectivity index (χ1v) is 8.59. The van der Waals surface area contributed by atoms with Crippen LogP contribution in [0.4, 0.5) is 0 Å². The molecule has 0 bridgehead atoms. The van der Waals surface area contributed by atoms with Crippen molar-refractivity contribution in [3.63, 3.8) is 0 Å². The lowest BCUT2D eigenvalue weighted by molar-refractivity contribution is -0.121. The molecule has 8 nitrogen and oxygen atoms in total. The molecule has 0 aliphatic heterocycles. The number of aromatic nitrogens is 2. The molecule has 1 aromatic carbocycles. The number of H-pyrrole nitrogens is 1. The summed E-state index contributed by atoms with van der Waals surface area (Å²) in [5.74, 6) is 0.0965. The van der Waals surface area contributed by atoms with Crippen molar-refractivity contribution < 1.29 is 14.6 Å². The molecule has 0 spiro atoms. The van der Waals surface area contributed by atoms with Gasteiger partial charge in [-0.25, -0.2) is 0 Å². The Morgan fingerprint density at radius 1 is 1.42 bits per heavy atom. The van der Waals surface area contributed by atoms with Gasteiger partial charge in [0.05, 0.1) is 12.3 Å². The first kappa shape index (κ1) is 20.1. The van der Waals surface area contributed by atoms with Crippen molar-refractivity contribution in [2.45, 2.75) is 6.54 Å². The first-order valence-electron chi connectivity index (χ1n) is 7.80. The van der Waals surface area contributed by atoms with Crippen LogP contribution in [0.15, 0.2) is 29.1 Å². The fraction of sp³-hybridized carbons (Fsp3) is 0.312. The van der Waals surface area contributed by atoms with Crippen LogP contribution in [-0.4, -0.2) is 46.9 Å². The number of aliphatic hydroxyl groups excluding tert-OH is 1. The van der Waals surface area contributed by atoms with Crippen molar-refractivity contribution in [1.82, 2.24) is 14.9 Å². The summed E-state index contributed by atoms with van der Waals surface area (Å²) in [6.07, 6.45) is 0. The van der Waals surface area contributed by atoms with Crippen LogP contribution >= 0.6 is 23.8 Å². The lowest BCUT2D eigenvalue weighted by Gasteiger charge is -2.17. The molecule has 0 fully saturated rings. The largest absolute Gasteiger partial charge is 0.490 e. The van der Waals surface area contributed by atoms with E-state index in [2.05, 4.69) is 10.3 Å². The zero-order chi connectivity index (χ0) is 19.1. The Morgan fingerprint density at radius 2 is 2.19 bits per heavy atom. The van der Waals surface area contributed by atoms with E-state index in [4.69, 9.17) is 39.4 Å². The van der Waals surface area contributed by atoms with Gasteiger partial charge in [-0.2, -0.15) is 0 Å². The van der Waals surface area contributed by atoms with Crippen LogP contribution in [0.3, 0.4) is 0 Å². The van der Waals surface area contributed by atoms with Gasteiger partial charge in [-0.05, 0) is 30.4 Å². The summed E-state index contributed by atoms with van der Waals surface area (Å²) < 4.78 is 7.07. The minimum absolute atomic E-state index is 0.0650. The Balaban J connectivity index is 2.55. The van der Waals surface area contributed by atoms with Crippen LogP contribution in [0.2, 0.25) is 5.02 Å². The molecule has 0 unspecified atom stereocenters. The van der Waals surface area contributed by atoms with Gasteiger partial charge in [0, 0.05) is 29.7 Å². The van der Waals surface area contributed by atoms with E-state index in [1.807, 2.05) is 0 Å². The van der Waals surface area contributed by atoms with Crippen LogP contribution in [0.25, 0.3) is 11.3 Å². The fourth-order valence-electron chi connectivity index (χ4n) is 2.30. The maximum Gasteiger partial charge on any atom is 0.252 e. The number of carbonyl (C=O) groups is 1. The molecule has 1 heterocycles. The minimum atomic E-state index is -0.420. The number of aliphatic hydroxyl groups is 1. The summed E-state index contributed by atoms with van der Waals surface area (Å²) in [6, 6.07) is 6.16. The molecule has 2 aromatic rings. The third-order valence-electron chi connectivity index (χ3n) is 3.37. The molecule has 1 amide bonds. The molecule has 140 valence electrons. The monoisotopic (exact) mass is 398 g/mol. The standard InChI is InChI=1S/C16H19ClN4O4S/c17-10-1-2-13(25-6-5-22)11(7-10)12-8-14(23)20-16(26)21(12)9-15(24)19-4-3-18/h1-2,7-8,22H,3-6,9,18H2,(H,19,24)(H,20,23,26). The van der Waals surface area contributed by atoms with Gasteiger partial charge >= 0.3 is 0 Å². The summed E-state index contributed by atoms with van der Waals surface area (Å²) in [4.78, 5) is 26.5.